The number of nitrogens with one attached hydrogen (secondary N) is 2. The van der Waals surface area contributed by atoms with Gasteiger partial charge in [-0.15, -0.1) is 0 Å². The van der Waals surface area contributed by atoms with E-state index in [-0.39, 0.29) is 11.9 Å². The van der Waals surface area contributed by atoms with E-state index in [0.29, 0.717) is 6.04 Å². The standard InChI is InChI=1S/C16H24BrN3O/c1-11(2)18-9-13-8-14(17)4-5-16(13)20-7-6-15(10-20)19-12(3)21/h4-5,8,11,15,18H,6-7,9-10H2,1-3H3,(H,19,21). The molecule has 1 atom stereocenters. The summed E-state index contributed by atoms with van der Waals surface area (Å²) in [6.07, 6.45) is 1.01. The van der Waals surface area contributed by atoms with Crippen LogP contribution in [-0.2, 0) is 11.3 Å². The molecular formula is C16H24BrN3O. The minimum Gasteiger partial charge on any atom is -0.369 e. The third-order valence-corrected chi connectivity index (χ3v) is 4.17. The predicted molar refractivity (Wildman–Crippen MR) is 90.6 cm³/mol. The molecule has 5 heteroatoms. The Balaban J connectivity index is 2.10. The second kappa shape index (κ2) is 7.27. The monoisotopic (exact) mass is 353 g/mol. The maximum absolute atomic E-state index is 11.2. The first-order chi connectivity index (χ1) is 9.95. The van der Waals surface area contributed by atoms with Crippen molar-refractivity contribution >= 4 is 27.5 Å². The zero-order valence-corrected chi connectivity index (χ0v) is 14.5. The number of hydrogen-bond acceptors (Lipinski definition) is 3. The third-order valence-electron chi connectivity index (χ3n) is 3.68. The highest BCUT2D eigenvalue weighted by atomic mass is 79.9. The summed E-state index contributed by atoms with van der Waals surface area (Å²) >= 11 is 3.55. The molecule has 0 radical (unpaired) electrons. The summed E-state index contributed by atoms with van der Waals surface area (Å²) in [7, 11) is 0. The van der Waals surface area contributed by atoms with Gasteiger partial charge < -0.3 is 15.5 Å². The van der Waals surface area contributed by atoms with Crippen molar-refractivity contribution in [1.82, 2.24) is 10.6 Å². The minimum absolute atomic E-state index is 0.0550. The molecule has 1 aromatic carbocycles. The van der Waals surface area contributed by atoms with Crippen LogP contribution in [0.15, 0.2) is 22.7 Å². The van der Waals surface area contributed by atoms with Crippen molar-refractivity contribution in [3.8, 4) is 0 Å². The van der Waals surface area contributed by atoms with Gasteiger partial charge in [-0.2, -0.15) is 0 Å². The minimum atomic E-state index is 0.0550. The Morgan fingerprint density at radius 1 is 1.48 bits per heavy atom. The van der Waals surface area contributed by atoms with E-state index in [1.807, 2.05) is 0 Å². The first-order valence-corrected chi connectivity index (χ1v) is 8.29. The van der Waals surface area contributed by atoms with Gasteiger partial charge in [0.1, 0.15) is 0 Å². The second-order valence-corrected chi connectivity index (χ2v) is 6.86. The molecule has 21 heavy (non-hydrogen) atoms. The summed E-state index contributed by atoms with van der Waals surface area (Å²) in [5, 5.41) is 6.50. The molecule has 1 aliphatic heterocycles. The van der Waals surface area contributed by atoms with Crippen LogP contribution in [0.1, 0.15) is 32.8 Å². The summed E-state index contributed by atoms with van der Waals surface area (Å²) < 4.78 is 1.10. The van der Waals surface area contributed by atoms with E-state index in [4.69, 9.17) is 0 Å². The number of anilines is 1. The molecule has 116 valence electrons. The van der Waals surface area contributed by atoms with Gasteiger partial charge in [-0.25, -0.2) is 0 Å². The summed E-state index contributed by atoms with van der Waals surface area (Å²) in [5.41, 5.74) is 2.56. The van der Waals surface area contributed by atoms with Gasteiger partial charge in [-0.05, 0) is 30.2 Å². The van der Waals surface area contributed by atoms with Crippen LogP contribution in [0.5, 0.6) is 0 Å². The second-order valence-electron chi connectivity index (χ2n) is 5.94. The van der Waals surface area contributed by atoms with E-state index in [2.05, 4.69) is 63.5 Å². The number of amides is 1. The highest BCUT2D eigenvalue weighted by molar-refractivity contribution is 9.10. The smallest absolute Gasteiger partial charge is 0.217 e. The van der Waals surface area contributed by atoms with Crippen LogP contribution < -0.4 is 15.5 Å². The molecule has 1 saturated heterocycles. The number of hydrogen-bond donors (Lipinski definition) is 2. The highest BCUT2D eigenvalue weighted by Gasteiger charge is 2.24. The number of carbonyl (C=O) groups is 1. The fourth-order valence-electron chi connectivity index (χ4n) is 2.70. The van der Waals surface area contributed by atoms with Crippen LogP contribution in [0.2, 0.25) is 0 Å². The average Bonchev–Trinajstić information content (AvgIpc) is 2.83. The SMILES string of the molecule is CC(=O)NC1CCN(c2ccc(Br)cc2CNC(C)C)C1. The van der Waals surface area contributed by atoms with Crippen LogP contribution in [0, 0.1) is 0 Å². The lowest BCUT2D eigenvalue weighted by molar-refractivity contribution is -0.119. The normalized spacial score (nSPS) is 18.3. The molecule has 0 bridgehead atoms. The molecule has 1 unspecified atom stereocenters. The molecule has 1 heterocycles. The maximum atomic E-state index is 11.2. The fraction of sp³-hybridized carbons (Fsp3) is 0.562. The van der Waals surface area contributed by atoms with Crippen molar-refractivity contribution < 1.29 is 4.79 Å². The molecule has 1 amide bonds. The number of rotatable bonds is 5. The fourth-order valence-corrected chi connectivity index (χ4v) is 3.11. The van der Waals surface area contributed by atoms with Crippen molar-refractivity contribution in [1.29, 1.82) is 0 Å². The predicted octanol–water partition coefficient (Wildman–Crippen LogP) is 2.66. The third kappa shape index (κ3) is 4.71. The van der Waals surface area contributed by atoms with Crippen LogP contribution in [0.3, 0.4) is 0 Å². The Morgan fingerprint density at radius 2 is 2.24 bits per heavy atom. The molecule has 0 aliphatic carbocycles. The molecule has 2 rings (SSSR count). The van der Waals surface area contributed by atoms with Crippen LogP contribution in [-0.4, -0.2) is 31.1 Å². The molecule has 0 aromatic heterocycles. The van der Waals surface area contributed by atoms with Crippen LogP contribution in [0.25, 0.3) is 0 Å². The maximum Gasteiger partial charge on any atom is 0.217 e. The van der Waals surface area contributed by atoms with E-state index >= 15 is 0 Å². The first kappa shape index (κ1) is 16.3. The van der Waals surface area contributed by atoms with Gasteiger partial charge in [0.05, 0.1) is 0 Å². The Labute approximate surface area is 135 Å². The molecule has 1 fully saturated rings. The molecular weight excluding hydrogens is 330 g/mol. The summed E-state index contributed by atoms with van der Waals surface area (Å²) in [6, 6.07) is 7.15. The first-order valence-electron chi connectivity index (χ1n) is 7.49. The van der Waals surface area contributed by atoms with Crippen LogP contribution in [0.4, 0.5) is 5.69 Å². The Hall–Kier alpha value is -1.07. The van der Waals surface area contributed by atoms with Crippen LogP contribution >= 0.6 is 15.9 Å². The number of nitrogens with zero attached hydrogens (tertiary/aromatic N) is 1. The average molecular weight is 354 g/mol. The molecule has 1 aromatic rings. The van der Waals surface area contributed by atoms with E-state index in [0.717, 1.165) is 30.5 Å². The van der Waals surface area contributed by atoms with Crippen molar-refractivity contribution in [3.63, 3.8) is 0 Å². The van der Waals surface area contributed by atoms with Gasteiger partial charge in [0.2, 0.25) is 5.91 Å². The van der Waals surface area contributed by atoms with E-state index in [1.54, 1.807) is 6.92 Å². The number of benzene rings is 1. The van der Waals surface area contributed by atoms with Gasteiger partial charge in [0.25, 0.3) is 0 Å². The van der Waals surface area contributed by atoms with Crippen molar-refractivity contribution in [2.75, 3.05) is 18.0 Å². The van der Waals surface area contributed by atoms with Gasteiger partial charge in [0.15, 0.2) is 0 Å². The van der Waals surface area contributed by atoms with Gasteiger partial charge in [-0.3, -0.25) is 4.79 Å². The van der Waals surface area contributed by atoms with E-state index in [9.17, 15) is 4.79 Å². The van der Waals surface area contributed by atoms with Crippen molar-refractivity contribution in [2.45, 2.75) is 45.8 Å². The Morgan fingerprint density at radius 3 is 2.90 bits per heavy atom. The zero-order valence-electron chi connectivity index (χ0n) is 12.9. The highest BCUT2D eigenvalue weighted by Crippen LogP contribution is 2.27. The van der Waals surface area contributed by atoms with Gasteiger partial charge in [-0.1, -0.05) is 29.8 Å². The zero-order chi connectivity index (χ0) is 15.4. The number of halogens is 1. The lowest BCUT2D eigenvalue weighted by Crippen LogP contribution is -2.35. The molecule has 1 aliphatic rings. The molecule has 2 N–H and O–H groups in total. The summed E-state index contributed by atoms with van der Waals surface area (Å²) in [5.74, 6) is 0.0550. The molecule has 0 saturated carbocycles. The van der Waals surface area contributed by atoms with Gasteiger partial charge >= 0.3 is 0 Å². The topological polar surface area (TPSA) is 44.4 Å². The quantitative estimate of drug-likeness (QED) is 0.855. The largest absolute Gasteiger partial charge is 0.369 e. The van der Waals surface area contributed by atoms with E-state index in [1.165, 1.54) is 11.3 Å². The molecule has 4 nitrogen and oxygen atoms in total. The Bertz CT molecular complexity index is 504. The summed E-state index contributed by atoms with van der Waals surface area (Å²) in [6.45, 7) is 8.62. The number of carbonyl (C=O) groups excluding carboxylic acids is 1. The Kier molecular flexibility index (Phi) is 5.65. The summed E-state index contributed by atoms with van der Waals surface area (Å²) in [4.78, 5) is 13.6. The van der Waals surface area contributed by atoms with Crippen molar-refractivity contribution in [3.05, 3.63) is 28.2 Å². The van der Waals surface area contributed by atoms with E-state index < -0.39 is 0 Å². The van der Waals surface area contributed by atoms with Gasteiger partial charge in [0, 0.05) is 48.8 Å². The molecule has 0 spiro atoms. The lowest BCUT2D eigenvalue weighted by Gasteiger charge is -2.23. The van der Waals surface area contributed by atoms with Crippen molar-refractivity contribution in [2.24, 2.45) is 0 Å². The lowest BCUT2D eigenvalue weighted by atomic mass is 10.1.